The Hall–Kier alpha value is -3.73. The first kappa shape index (κ1) is 24.9. The van der Waals surface area contributed by atoms with Crippen LogP contribution < -0.4 is 20.1 Å². The molecule has 1 aliphatic carbocycles. The number of carbonyl (C=O) groups excluding carboxylic acids is 1. The number of nitrogen functional groups attached to an aromatic ring is 1. The summed E-state index contributed by atoms with van der Waals surface area (Å²) in [4.78, 5) is 28.3. The fourth-order valence-electron chi connectivity index (χ4n) is 4.99. The maximum Gasteiger partial charge on any atom is 0.281 e. The van der Waals surface area contributed by atoms with Gasteiger partial charge >= 0.3 is 0 Å². The van der Waals surface area contributed by atoms with Gasteiger partial charge in [0, 0.05) is 33.8 Å². The van der Waals surface area contributed by atoms with Crippen molar-refractivity contribution < 1.29 is 20.8 Å². The molecule has 37 heavy (non-hydrogen) atoms. The highest BCUT2D eigenvalue weighted by molar-refractivity contribution is 7.90. The van der Waals surface area contributed by atoms with Gasteiger partial charge in [-0.1, -0.05) is 19.9 Å². The lowest BCUT2D eigenvalue weighted by Crippen LogP contribution is -2.34. The molecule has 10 nitrogen and oxygen atoms in total. The van der Waals surface area contributed by atoms with E-state index in [0.717, 1.165) is 18.7 Å². The highest BCUT2D eigenvalue weighted by atomic mass is 32.2. The van der Waals surface area contributed by atoms with Crippen LogP contribution in [0.15, 0.2) is 53.7 Å². The molecule has 0 radical (unpaired) electrons. The van der Waals surface area contributed by atoms with Crippen molar-refractivity contribution in [1.29, 1.82) is 0 Å². The van der Waals surface area contributed by atoms with Gasteiger partial charge in [0.25, 0.3) is 15.9 Å². The van der Waals surface area contributed by atoms with E-state index in [2.05, 4.69) is 33.4 Å². The minimum Gasteiger partial charge on any atom is -0.475 e. The summed E-state index contributed by atoms with van der Waals surface area (Å²) in [5.41, 5.74) is 7.43. The van der Waals surface area contributed by atoms with Crippen LogP contribution in [0.2, 0.25) is 0 Å². The molecule has 5 rings (SSSR count). The van der Waals surface area contributed by atoms with Gasteiger partial charge in [-0.2, -0.15) is 8.42 Å². The Labute approximate surface area is 219 Å². The molecule has 1 saturated heterocycles. The quantitative estimate of drug-likeness (QED) is 0.472. The molecule has 1 saturated carbocycles. The van der Waals surface area contributed by atoms with Crippen LogP contribution in [0, 0.1) is 17.3 Å². The zero-order valence-electron chi connectivity index (χ0n) is 21.2. The number of anilines is 2. The number of pyridine rings is 3. The van der Waals surface area contributed by atoms with E-state index in [4.69, 9.17) is 15.5 Å². The second-order valence-electron chi connectivity index (χ2n) is 10.4. The fraction of sp³-hybridized carbons (Fsp3) is 0.385. The molecule has 3 aromatic heterocycles. The van der Waals surface area contributed by atoms with Gasteiger partial charge in [-0.15, -0.1) is 0 Å². The van der Waals surface area contributed by atoms with E-state index in [9.17, 15) is 13.2 Å². The van der Waals surface area contributed by atoms with Gasteiger partial charge in [-0.05, 0) is 61.4 Å². The van der Waals surface area contributed by atoms with Crippen molar-refractivity contribution in [2.75, 3.05) is 23.7 Å². The van der Waals surface area contributed by atoms with Crippen molar-refractivity contribution in [3.8, 4) is 17.1 Å². The lowest BCUT2D eigenvalue weighted by Gasteiger charge is -2.25. The highest BCUT2D eigenvalue weighted by Crippen LogP contribution is 2.62. The summed E-state index contributed by atoms with van der Waals surface area (Å²) in [6.45, 7) is 9.84. The molecule has 2 aliphatic rings. The number of ether oxygens (including phenoxy) is 1. The lowest BCUT2D eigenvalue weighted by atomic mass is 10.1. The molecule has 2 unspecified atom stereocenters. The van der Waals surface area contributed by atoms with Gasteiger partial charge in [0.1, 0.15) is 11.6 Å². The Morgan fingerprint density at radius 2 is 1.86 bits per heavy atom. The van der Waals surface area contributed by atoms with E-state index in [1.807, 2.05) is 19.9 Å². The molecule has 1 amide bonds. The normalized spacial score (nSPS) is 20.0. The molecule has 3 N–H and O–H groups in total. The van der Waals surface area contributed by atoms with Crippen LogP contribution in [-0.4, -0.2) is 48.5 Å². The molecule has 4 heterocycles. The van der Waals surface area contributed by atoms with E-state index < -0.39 is 15.9 Å². The van der Waals surface area contributed by atoms with Crippen molar-refractivity contribution in [2.24, 2.45) is 17.3 Å². The van der Waals surface area contributed by atoms with Gasteiger partial charge in [0.2, 0.25) is 5.88 Å². The number of nitrogens with two attached hydrogens (primary N) is 1. The van der Waals surface area contributed by atoms with E-state index in [0.29, 0.717) is 29.2 Å². The average molecular weight is 527 g/mol. The molecular formula is C26H34N6O4S. The number of rotatable bonds is 7. The van der Waals surface area contributed by atoms with Gasteiger partial charge < -0.3 is 15.4 Å². The van der Waals surface area contributed by atoms with Crippen LogP contribution in [0.4, 0.5) is 11.6 Å². The molecule has 0 bridgehead atoms. The first-order chi connectivity index (χ1) is 17.5. The van der Waals surface area contributed by atoms with Crippen molar-refractivity contribution in [3.63, 3.8) is 0 Å². The van der Waals surface area contributed by atoms with Crippen LogP contribution in [0.3, 0.4) is 0 Å². The lowest BCUT2D eigenvalue weighted by molar-refractivity contribution is 0.0981. The monoisotopic (exact) mass is 526 g/mol. The molecular weight excluding hydrogens is 492 g/mol. The Morgan fingerprint density at radius 1 is 1.14 bits per heavy atom. The summed E-state index contributed by atoms with van der Waals surface area (Å²) < 4.78 is 33.4. The Kier molecular flexibility index (Phi) is 6.06. The van der Waals surface area contributed by atoms with E-state index in [1.165, 1.54) is 18.2 Å². The third-order valence-electron chi connectivity index (χ3n) is 7.18. The first-order valence-corrected chi connectivity index (χ1v) is 13.6. The number of hydrogen-bond acceptors (Lipinski definition) is 9. The predicted octanol–water partition coefficient (Wildman–Crippen LogP) is 3.61. The minimum atomic E-state index is -4.23. The zero-order chi connectivity index (χ0) is 26.5. The number of hydrogen-bond donors (Lipinski definition) is 2. The Balaban J connectivity index is 0.00000210. The van der Waals surface area contributed by atoms with Gasteiger partial charge in [0.05, 0.1) is 17.4 Å². The van der Waals surface area contributed by atoms with Crippen LogP contribution in [0.25, 0.3) is 11.3 Å². The zero-order valence-corrected chi connectivity index (χ0v) is 22.0. The van der Waals surface area contributed by atoms with Crippen LogP contribution in [0.5, 0.6) is 5.88 Å². The third-order valence-corrected chi connectivity index (χ3v) is 8.41. The van der Waals surface area contributed by atoms with Crippen LogP contribution >= 0.6 is 0 Å². The summed E-state index contributed by atoms with van der Waals surface area (Å²) in [6.07, 6.45) is 1.68. The molecule has 2 fully saturated rings. The van der Waals surface area contributed by atoms with Crippen LogP contribution in [-0.2, 0) is 10.0 Å². The van der Waals surface area contributed by atoms with E-state index in [1.54, 1.807) is 24.4 Å². The number of piperidine rings is 1. The maximum atomic E-state index is 13.3. The first-order valence-electron chi connectivity index (χ1n) is 12.1. The summed E-state index contributed by atoms with van der Waals surface area (Å²) in [5.74, 6) is 1.22. The molecule has 1 aliphatic heterocycles. The molecule has 198 valence electrons. The van der Waals surface area contributed by atoms with Crippen LogP contribution in [0.1, 0.15) is 40.9 Å². The van der Waals surface area contributed by atoms with E-state index in [-0.39, 0.29) is 30.8 Å². The molecule has 0 aromatic carbocycles. The number of fused-ring (bicyclic) bond motifs is 1. The second-order valence-corrected chi connectivity index (χ2v) is 12.0. The minimum absolute atomic E-state index is 0. The van der Waals surface area contributed by atoms with Crippen molar-refractivity contribution in [2.45, 2.75) is 38.8 Å². The second kappa shape index (κ2) is 8.98. The molecule has 11 heteroatoms. The van der Waals surface area contributed by atoms with Crippen molar-refractivity contribution in [1.82, 2.24) is 19.7 Å². The van der Waals surface area contributed by atoms with Crippen molar-refractivity contribution in [3.05, 3.63) is 54.2 Å². The standard InChI is InChI=1S/C26H30N6O4S.2H2/c1-15(2)36-22-11-8-16(12-28-22)20-10-9-17(24(29-20)32-13-18-19(14-32)26(18,3)4)25(33)31-37(34,35)23-7-5-6-21(27)30-23;;/h5-12,15,18-19H,13-14H2,1-4H3,(H2,27,30)(H,31,33);2*1H. The fourth-order valence-corrected chi connectivity index (χ4v) is 5.93. The largest absolute Gasteiger partial charge is 0.475 e. The van der Waals surface area contributed by atoms with Gasteiger partial charge in [-0.25, -0.2) is 19.7 Å². The molecule has 3 aromatic rings. The topological polar surface area (TPSA) is 140 Å². The number of nitrogens with zero attached hydrogens (tertiary/aromatic N) is 4. The number of aromatic nitrogens is 3. The van der Waals surface area contributed by atoms with Crippen molar-refractivity contribution >= 4 is 27.6 Å². The number of sulfonamides is 1. The van der Waals surface area contributed by atoms with Gasteiger partial charge in [0.15, 0.2) is 5.03 Å². The predicted molar refractivity (Wildman–Crippen MR) is 144 cm³/mol. The summed E-state index contributed by atoms with van der Waals surface area (Å²) in [7, 11) is -4.23. The summed E-state index contributed by atoms with van der Waals surface area (Å²) in [6, 6.07) is 11.1. The SMILES string of the molecule is CC(C)Oc1ccc(-c2ccc(C(=O)NS(=O)(=O)c3cccc(N)n3)c(N3CC4C(C3)C4(C)C)n2)cn1.[HH].[HH]. The molecule has 2 atom stereocenters. The number of amides is 1. The average Bonchev–Trinajstić information content (AvgIpc) is 3.16. The number of carbonyl (C=O) groups is 1. The smallest absolute Gasteiger partial charge is 0.281 e. The molecule has 0 spiro atoms. The Morgan fingerprint density at radius 3 is 2.49 bits per heavy atom. The third kappa shape index (κ3) is 4.83. The van der Waals surface area contributed by atoms with E-state index >= 15 is 0 Å². The Bertz CT molecular complexity index is 1450. The van der Waals surface area contributed by atoms with Gasteiger partial charge in [-0.3, -0.25) is 4.79 Å². The number of nitrogens with one attached hydrogen (secondary N) is 1. The summed E-state index contributed by atoms with van der Waals surface area (Å²) in [5, 5.41) is -0.328. The highest BCUT2D eigenvalue weighted by Gasteiger charge is 2.62. The maximum absolute atomic E-state index is 13.3. The summed E-state index contributed by atoms with van der Waals surface area (Å²) >= 11 is 0.